The molecule has 0 aliphatic rings. The Morgan fingerprint density at radius 2 is 2.12 bits per heavy atom. The average molecular weight is 227 g/mol. The van der Waals surface area contributed by atoms with Crippen molar-refractivity contribution in [3.63, 3.8) is 0 Å². The van der Waals surface area contributed by atoms with Crippen molar-refractivity contribution >= 4 is 17.1 Å². The highest BCUT2D eigenvalue weighted by Crippen LogP contribution is 2.28. The van der Waals surface area contributed by atoms with Crippen LogP contribution in [0.2, 0.25) is 0 Å². The summed E-state index contributed by atoms with van der Waals surface area (Å²) in [6.45, 7) is 1.55. The molecule has 2 nitrogen and oxygen atoms in total. The molecule has 0 spiro atoms. The molecule has 0 amide bonds. The number of nitrogens with zero attached hydrogens (tertiary/aromatic N) is 1. The minimum absolute atomic E-state index is 0.0545. The minimum atomic E-state index is 0.0545. The lowest BCUT2D eigenvalue weighted by molar-refractivity contribution is 0.101. The Kier molecular flexibility index (Phi) is 2.84. The van der Waals surface area contributed by atoms with Crippen molar-refractivity contribution in [2.24, 2.45) is 0 Å². The molecule has 3 heteroatoms. The van der Waals surface area contributed by atoms with Gasteiger partial charge in [-0.3, -0.25) is 4.79 Å². The topological polar surface area (TPSA) is 40.9 Å². The van der Waals surface area contributed by atoms with Gasteiger partial charge in [-0.25, -0.2) is 0 Å². The zero-order valence-electron chi connectivity index (χ0n) is 8.73. The maximum absolute atomic E-state index is 11.2. The van der Waals surface area contributed by atoms with Crippen LogP contribution in [-0.2, 0) is 0 Å². The predicted octanol–water partition coefficient (Wildman–Crippen LogP) is 3.49. The van der Waals surface area contributed by atoms with Crippen LogP contribution in [0.3, 0.4) is 0 Å². The van der Waals surface area contributed by atoms with Crippen molar-refractivity contribution in [2.75, 3.05) is 0 Å². The molecule has 0 saturated carbocycles. The Morgan fingerprint density at radius 1 is 1.31 bits per heavy atom. The number of thiophene rings is 1. The lowest BCUT2D eigenvalue weighted by Gasteiger charge is -1.99. The summed E-state index contributed by atoms with van der Waals surface area (Å²) >= 11 is 1.43. The first kappa shape index (κ1) is 10.6. The van der Waals surface area contributed by atoms with Crippen LogP contribution in [-0.4, -0.2) is 5.78 Å². The summed E-state index contributed by atoms with van der Waals surface area (Å²) < 4.78 is 0. The molecule has 0 fully saturated rings. The van der Waals surface area contributed by atoms with E-state index < -0.39 is 0 Å². The molecule has 0 bridgehead atoms. The maximum Gasteiger partial charge on any atom is 0.159 e. The molecular weight excluding hydrogens is 218 g/mol. The second kappa shape index (κ2) is 4.30. The van der Waals surface area contributed by atoms with Crippen molar-refractivity contribution in [3.05, 3.63) is 46.8 Å². The van der Waals surface area contributed by atoms with Gasteiger partial charge in [-0.2, -0.15) is 5.26 Å². The first-order valence-corrected chi connectivity index (χ1v) is 5.63. The van der Waals surface area contributed by atoms with E-state index in [4.69, 9.17) is 5.26 Å². The quantitative estimate of drug-likeness (QED) is 0.737. The van der Waals surface area contributed by atoms with Crippen molar-refractivity contribution < 1.29 is 4.79 Å². The maximum atomic E-state index is 11.2. The van der Waals surface area contributed by atoms with Gasteiger partial charge in [0.25, 0.3) is 0 Å². The van der Waals surface area contributed by atoms with Gasteiger partial charge in [-0.15, -0.1) is 11.3 Å². The van der Waals surface area contributed by atoms with Gasteiger partial charge in [0.1, 0.15) is 10.9 Å². The highest BCUT2D eigenvalue weighted by molar-refractivity contribution is 7.16. The van der Waals surface area contributed by atoms with E-state index in [0.29, 0.717) is 10.4 Å². The average Bonchev–Trinajstić information content (AvgIpc) is 2.77. The third-order valence-electron chi connectivity index (χ3n) is 2.27. The molecule has 1 heterocycles. The second-order valence-electron chi connectivity index (χ2n) is 3.41. The smallest absolute Gasteiger partial charge is 0.159 e. The van der Waals surface area contributed by atoms with Crippen molar-refractivity contribution in [2.45, 2.75) is 6.92 Å². The Balaban J connectivity index is 2.44. The van der Waals surface area contributed by atoms with Crippen LogP contribution < -0.4 is 0 Å². The van der Waals surface area contributed by atoms with E-state index in [1.54, 1.807) is 19.1 Å². The molecule has 1 aromatic heterocycles. The minimum Gasteiger partial charge on any atom is -0.295 e. The normalized spacial score (nSPS) is 9.75. The molecule has 1 aromatic carbocycles. The molecule has 0 saturated heterocycles. The molecule has 0 radical (unpaired) electrons. The fourth-order valence-electron chi connectivity index (χ4n) is 1.44. The van der Waals surface area contributed by atoms with Crippen LogP contribution in [0.4, 0.5) is 0 Å². The van der Waals surface area contributed by atoms with Crippen LogP contribution in [0.5, 0.6) is 0 Å². The molecule has 0 atom stereocenters. The van der Waals surface area contributed by atoms with Gasteiger partial charge in [0.2, 0.25) is 0 Å². The second-order valence-corrected chi connectivity index (χ2v) is 4.50. The van der Waals surface area contributed by atoms with E-state index >= 15 is 0 Å². The fraction of sp³-hybridized carbons (Fsp3) is 0.0769. The Hall–Kier alpha value is -1.92. The summed E-state index contributed by atoms with van der Waals surface area (Å²) in [6, 6.07) is 13.3. The third kappa shape index (κ3) is 2.02. The molecule has 0 unspecified atom stereocenters. The molecule has 16 heavy (non-hydrogen) atoms. The number of hydrogen-bond donors (Lipinski definition) is 0. The number of Topliss-reactive ketones (excluding diaryl/α,β-unsaturated/α-hetero) is 1. The van der Waals surface area contributed by atoms with Crippen LogP contribution in [0, 0.1) is 11.3 Å². The third-order valence-corrected chi connectivity index (χ3v) is 3.31. The number of carbonyl (C=O) groups is 1. The standard InChI is InChI=1S/C13H9NOS/c1-9(15)10-3-2-4-11(7-10)13-6-5-12(8-14)16-13/h2-7H,1H3. The highest BCUT2D eigenvalue weighted by atomic mass is 32.1. The predicted molar refractivity (Wildman–Crippen MR) is 64.5 cm³/mol. The summed E-state index contributed by atoms with van der Waals surface area (Å²) in [6.07, 6.45) is 0. The number of benzene rings is 1. The summed E-state index contributed by atoms with van der Waals surface area (Å²) in [5.74, 6) is 0.0545. The highest BCUT2D eigenvalue weighted by Gasteiger charge is 2.05. The Bertz CT molecular complexity index is 578. The van der Waals surface area contributed by atoms with E-state index in [0.717, 1.165) is 10.4 Å². The van der Waals surface area contributed by atoms with Gasteiger partial charge in [-0.1, -0.05) is 18.2 Å². The molecule has 78 valence electrons. The number of carbonyl (C=O) groups excluding carboxylic acids is 1. The zero-order valence-corrected chi connectivity index (χ0v) is 9.54. The zero-order chi connectivity index (χ0) is 11.5. The first-order chi connectivity index (χ1) is 7.70. The summed E-state index contributed by atoms with van der Waals surface area (Å²) in [5.41, 5.74) is 1.68. The lowest BCUT2D eigenvalue weighted by atomic mass is 10.1. The monoisotopic (exact) mass is 227 g/mol. The van der Waals surface area contributed by atoms with E-state index in [-0.39, 0.29) is 5.78 Å². The SMILES string of the molecule is CC(=O)c1cccc(-c2ccc(C#N)s2)c1. The van der Waals surface area contributed by atoms with Crippen LogP contribution in [0.15, 0.2) is 36.4 Å². The molecule has 0 N–H and O–H groups in total. The lowest BCUT2D eigenvalue weighted by Crippen LogP contribution is -1.90. The summed E-state index contributed by atoms with van der Waals surface area (Å²) in [4.78, 5) is 12.9. The Labute approximate surface area is 97.8 Å². The van der Waals surface area contributed by atoms with Gasteiger partial charge in [0.15, 0.2) is 5.78 Å². The van der Waals surface area contributed by atoms with E-state index in [1.807, 2.05) is 24.3 Å². The largest absolute Gasteiger partial charge is 0.295 e. The van der Waals surface area contributed by atoms with E-state index in [1.165, 1.54) is 11.3 Å². The molecule has 0 aliphatic heterocycles. The van der Waals surface area contributed by atoms with Gasteiger partial charge in [0.05, 0.1) is 0 Å². The van der Waals surface area contributed by atoms with E-state index in [9.17, 15) is 4.79 Å². The van der Waals surface area contributed by atoms with Crippen molar-refractivity contribution in [3.8, 4) is 16.5 Å². The molecule has 0 aliphatic carbocycles. The fourth-order valence-corrected chi connectivity index (χ4v) is 2.24. The van der Waals surface area contributed by atoms with Crippen LogP contribution in [0.1, 0.15) is 22.2 Å². The molecular formula is C13H9NOS. The number of rotatable bonds is 2. The van der Waals surface area contributed by atoms with Crippen molar-refractivity contribution in [1.82, 2.24) is 0 Å². The number of ketones is 1. The summed E-state index contributed by atoms with van der Waals surface area (Å²) in [7, 11) is 0. The molecule has 2 rings (SSSR count). The van der Waals surface area contributed by atoms with Crippen LogP contribution in [0.25, 0.3) is 10.4 Å². The van der Waals surface area contributed by atoms with E-state index in [2.05, 4.69) is 6.07 Å². The van der Waals surface area contributed by atoms with Gasteiger partial charge in [0, 0.05) is 10.4 Å². The van der Waals surface area contributed by atoms with Gasteiger partial charge >= 0.3 is 0 Å². The summed E-state index contributed by atoms with van der Waals surface area (Å²) in [5, 5.41) is 8.75. The Morgan fingerprint density at radius 3 is 2.75 bits per heavy atom. The number of nitriles is 1. The van der Waals surface area contributed by atoms with Crippen LogP contribution >= 0.6 is 11.3 Å². The molecule has 2 aromatic rings. The van der Waals surface area contributed by atoms with Crippen molar-refractivity contribution in [1.29, 1.82) is 5.26 Å². The van der Waals surface area contributed by atoms with Gasteiger partial charge in [-0.05, 0) is 30.7 Å². The number of hydrogen-bond acceptors (Lipinski definition) is 3. The first-order valence-electron chi connectivity index (χ1n) is 4.82. The van der Waals surface area contributed by atoms with Gasteiger partial charge < -0.3 is 0 Å².